The van der Waals surface area contributed by atoms with E-state index in [0.717, 1.165) is 16.9 Å². The zero-order chi connectivity index (χ0) is 24.5. The van der Waals surface area contributed by atoms with Crippen LogP contribution in [0.2, 0.25) is 0 Å². The topological polar surface area (TPSA) is 128 Å². The largest absolute Gasteiger partial charge is 0.445 e. The number of amides is 2. The van der Waals surface area contributed by atoms with E-state index in [1.165, 1.54) is 0 Å². The van der Waals surface area contributed by atoms with Gasteiger partial charge in [-0.1, -0.05) is 49.3 Å². The first-order chi connectivity index (χ1) is 16.3. The molecule has 1 aromatic carbocycles. The van der Waals surface area contributed by atoms with E-state index in [4.69, 9.17) is 9.26 Å². The Morgan fingerprint density at radius 2 is 1.97 bits per heavy atom. The van der Waals surface area contributed by atoms with E-state index in [0.29, 0.717) is 32.2 Å². The number of Topliss-reactive ketones (excluding diaryl/α,β-unsaturated/α-hetero) is 2. The van der Waals surface area contributed by atoms with Crippen molar-refractivity contribution in [1.82, 2.24) is 15.8 Å². The molecule has 1 aromatic heterocycles. The normalized spacial score (nSPS) is 17.8. The fourth-order valence-electron chi connectivity index (χ4n) is 3.95. The van der Waals surface area contributed by atoms with Gasteiger partial charge in [-0.3, -0.25) is 14.4 Å². The number of rotatable bonds is 7. The third-order valence-electron chi connectivity index (χ3n) is 5.90. The highest BCUT2D eigenvalue weighted by Crippen LogP contribution is 2.21. The molecule has 2 unspecified atom stereocenters. The van der Waals surface area contributed by atoms with Crippen molar-refractivity contribution in [2.24, 2.45) is 11.8 Å². The second kappa shape index (κ2) is 12.1. The molecule has 0 saturated heterocycles. The third kappa shape index (κ3) is 7.00. The van der Waals surface area contributed by atoms with Gasteiger partial charge in [0.2, 0.25) is 5.78 Å². The Morgan fingerprint density at radius 3 is 2.71 bits per heavy atom. The van der Waals surface area contributed by atoms with Gasteiger partial charge < -0.3 is 19.9 Å². The number of ether oxygens (including phenoxy) is 1. The van der Waals surface area contributed by atoms with E-state index in [9.17, 15) is 19.2 Å². The van der Waals surface area contributed by atoms with Gasteiger partial charge in [-0.15, -0.1) is 0 Å². The smallest absolute Gasteiger partial charge is 0.408 e. The lowest BCUT2D eigenvalue weighted by molar-refractivity contribution is -0.141. The van der Waals surface area contributed by atoms with Gasteiger partial charge in [0, 0.05) is 30.9 Å². The van der Waals surface area contributed by atoms with E-state index in [2.05, 4.69) is 15.8 Å². The quantitative estimate of drug-likeness (QED) is 0.597. The van der Waals surface area contributed by atoms with Crippen molar-refractivity contribution in [2.75, 3.05) is 6.54 Å². The van der Waals surface area contributed by atoms with Gasteiger partial charge in [-0.05, 0) is 30.7 Å². The molecule has 9 heteroatoms. The van der Waals surface area contributed by atoms with Crippen molar-refractivity contribution in [3.63, 3.8) is 0 Å². The van der Waals surface area contributed by atoms with Gasteiger partial charge in [0.1, 0.15) is 12.4 Å². The number of carbonyl (C=O) groups is 4. The SMILES string of the molecule is CC(C)C(NC(=O)OCc1ccccc1)C(=O)CC1CCc2cnoc2CCCNC(=O)C1=O. The standard InChI is InChI=1S/C25H31N3O6/c1-16(2)22(28-25(32)33-15-17-7-4-3-5-8-17)20(29)13-18-10-11-19-14-27-34-21(19)9-6-12-26-24(31)23(18)30/h3-5,7-8,14,16,18,22H,6,9-13,15H2,1-2H3,(H,26,31)(H,28,32). The number of nitrogens with one attached hydrogen (secondary N) is 2. The van der Waals surface area contributed by atoms with Crippen molar-refractivity contribution in [3.8, 4) is 0 Å². The molecule has 9 nitrogen and oxygen atoms in total. The van der Waals surface area contributed by atoms with Crippen LogP contribution in [-0.2, 0) is 38.6 Å². The van der Waals surface area contributed by atoms with E-state index in [-0.39, 0.29) is 24.7 Å². The minimum atomic E-state index is -0.844. The molecule has 182 valence electrons. The molecule has 0 bridgehead atoms. The number of nitrogens with zero attached hydrogens (tertiary/aromatic N) is 1. The molecule has 2 N–H and O–H groups in total. The molecule has 1 aliphatic rings. The van der Waals surface area contributed by atoms with Gasteiger partial charge >= 0.3 is 6.09 Å². The number of carbonyl (C=O) groups excluding carboxylic acids is 4. The lowest BCUT2D eigenvalue weighted by Gasteiger charge is -2.23. The van der Waals surface area contributed by atoms with Crippen molar-refractivity contribution >= 4 is 23.6 Å². The Hall–Kier alpha value is -3.49. The summed E-state index contributed by atoms with van der Waals surface area (Å²) >= 11 is 0. The van der Waals surface area contributed by atoms with Crippen LogP contribution in [0.1, 0.15) is 50.0 Å². The zero-order valence-corrected chi connectivity index (χ0v) is 19.5. The molecule has 0 radical (unpaired) electrons. The molecule has 0 spiro atoms. The zero-order valence-electron chi connectivity index (χ0n) is 19.5. The van der Waals surface area contributed by atoms with Gasteiger partial charge in [-0.2, -0.15) is 0 Å². The lowest BCUT2D eigenvalue weighted by Crippen LogP contribution is -2.46. The lowest BCUT2D eigenvalue weighted by atomic mass is 9.86. The highest BCUT2D eigenvalue weighted by Gasteiger charge is 2.32. The molecule has 2 heterocycles. The Morgan fingerprint density at radius 1 is 1.21 bits per heavy atom. The summed E-state index contributed by atoms with van der Waals surface area (Å²) in [6.45, 7) is 4.01. The highest BCUT2D eigenvalue weighted by molar-refractivity contribution is 6.37. The first-order valence-corrected chi connectivity index (χ1v) is 11.6. The maximum atomic E-state index is 13.1. The van der Waals surface area contributed by atoms with Crippen LogP contribution in [0.5, 0.6) is 0 Å². The van der Waals surface area contributed by atoms with E-state index < -0.39 is 29.7 Å². The van der Waals surface area contributed by atoms with Crippen molar-refractivity contribution in [1.29, 1.82) is 0 Å². The molecule has 0 fully saturated rings. The van der Waals surface area contributed by atoms with E-state index in [1.54, 1.807) is 20.0 Å². The molecule has 2 atom stereocenters. The van der Waals surface area contributed by atoms with Crippen LogP contribution in [0, 0.1) is 11.8 Å². The molecule has 34 heavy (non-hydrogen) atoms. The molecular formula is C25H31N3O6. The molecule has 2 amide bonds. The minimum Gasteiger partial charge on any atom is -0.445 e. The van der Waals surface area contributed by atoms with Gasteiger partial charge in [0.05, 0.1) is 12.2 Å². The number of alkyl carbamates (subject to hydrolysis) is 1. The minimum absolute atomic E-state index is 0.0774. The molecule has 0 aliphatic carbocycles. The van der Waals surface area contributed by atoms with Crippen LogP contribution in [0.15, 0.2) is 41.1 Å². The Balaban J connectivity index is 1.65. The van der Waals surface area contributed by atoms with Crippen LogP contribution in [-0.4, -0.2) is 41.3 Å². The third-order valence-corrected chi connectivity index (χ3v) is 5.90. The second-order valence-corrected chi connectivity index (χ2v) is 8.83. The van der Waals surface area contributed by atoms with Crippen LogP contribution in [0.4, 0.5) is 4.79 Å². The highest BCUT2D eigenvalue weighted by atomic mass is 16.5. The molecule has 0 saturated carbocycles. The molecule has 2 aromatic rings. The van der Waals surface area contributed by atoms with Crippen LogP contribution >= 0.6 is 0 Å². The van der Waals surface area contributed by atoms with Crippen molar-refractivity contribution < 1.29 is 28.4 Å². The number of aromatic nitrogens is 1. The van der Waals surface area contributed by atoms with Crippen LogP contribution in [0.3, 0.4) is 0 Å². The Labute approximate surface area is 198 Å². The molecule has 3 rings (SSSR count). The maximum Gasteiger partial charge on any atom is 0.408 e. The summed E-state index contributed by atoms with van der Waals surface area (Å²) in [7, 11) is 0. The summed E-state index contributed by atoms with van der Waals surface area (Å²) in [6.07, 6.45) is 2.75. The summed E-state index contributed by atoms with van der Waals surface area (Å²) in [5, 5.41) is 9.09. The number of fused-ring (bicyclic) bond motifs is 1. The van der Waals surface area contributed by atoms with E-state index >= 15 is 0 Å². The number of ketones is 2. The predicted octanol–water partition coefficient (Wildman–Crippen LogP) is 2.77. The monoisotopic (exact) mass is 469 g/mol. The first-order valence-electron chi connectivity index (χ1n) is 11.6. The summed E-state index contributed by atoms with van der Waals surface area (Å²) < 4.78 is 10.5. The van der Waals surface area contributed by atoms with Gasteiger partial charge in [0.25, 0.3) is 5.91 Å². The maximum absolute atomic E-state index is 13.1. The Kier molecular flexibility index (Phi) is 8.95. The van der Waals surface area contributed by atoms with Crippen molar-refractivity contribution in [2.45, 2.75) is 58.6 Å². The summed E-state index contributed by atoms with van der Waals surface area (Å²) in [5.74, 6) is -1.94. The fourth-order valence-corrected chi connectivity index (χ4v) is 3.95. The van der Waals surface area contributed by atoms with Gasteiger partial charge in [-0.25, -0.2) is 4.79 Å². The van der Waals surface area contributed by atoms with Crippen LogP contribution in [0.25, 0.3) is 0 Å². The Bertz CT molecular complexity index is 1000. The predicted molar refractivity (Wildman–Crippen MR) is 123 cm³/mol. The number of benzene rings is 1. The summed E-state index contributed by atoms with van der Waals surface area (Å²) in [5.41, 5.74) is 1.70. The summed E-state index contributed by atoms with van der Waals surface area (Å²) in [6, 6.07) is 8.36. The number of hydrogen-bond acceptors (Lipinski definition) is 7. The van der Waals surface area contributed by atoms with Gasteiger partial charge in [0.15, 0.2) is 5.78 Å². The van der Waals surface area contributed by atoms with E-state index in [1.807, 2.05) is 30.3 Å². The molecule has 1 aliphatic heterocycles. The average molecular weight is 470 g/mol. The molecular weight excluding hydrogens is 438 g/mol. The number of hydrogen-bond donors (Lipinski definition) is 2. The van der Waals surface area contributed by atoms with Crippen molar-refractivity contribution in [3.05, 3.63) is 53.4 Å². The number of aryl methyl sites for hydroxylation is 2. The second-order valence-electron chi connectivity index (χ2n) is 8.83. The summed E-state index contributed by atoms with van der Waals surface area (Å²) in [4.78, 5) is 50.7. The average Bonchev–Trinajstić information content (AvgIpc) is 3.27. The first kappa shape index (κ1) is 25.1. The van der Waals surface area contributed by atoms with Crippen LogP contribution < -0.4 is 10.6 Å². The fraction of sp³-hybridized carbons (Fsp3) is 0.480.